The molecular weight excluding hydrogens is 342 g/mol. The average Bonchev–Trinajstić information content (AvgIpc) is 3.03. The number of fused-ring (bicyclic) bond motifs is 1. The van der Waals surface area contributed by atoms with Crippen LogP contribution in [0.1, 0.15) is 0 Å². The van der Waals surface area contributed by atoms with Crippen molar-refractivity contribution in [2.24, 2.45) is 0 Å². The minimum absolute atomic E-state index is 0.0419. The molecule has 0 radical (unpaired) electrons. The van der Waals surface area contributed by atoms with Crippen molar-refractivity contribution in [2.45, 2.75) is 67.2 Å². The van der Waals surface area contributed by atoms with Crippen molar-refractivity contribution in [3.8, 4) is 0 Å². The number of aliphatic hydroxyl groups is 8. The molecule has 3 saturated heterocycles. The molecule has 11 atom stereocenters. The lowest BCUT2D eigenvalue weighted by Crippen LogP contribution is -2.60. The average molecular weight is 367 g/mol. The molecule has 0 aliphatic carbocycles. The summed E-state index contributed by atoms with van der Waals surface area (Å²) in [6.07, 6.45) is -12.0. The van der Waals surface area contributed by atoms with E-state index in [1.807, 2.05) is 0 Å². The molecule has 3 aliphatic heterocycles. The van der Waals surface area contributed by atoms with Crippen molar-refractivity contribution in [2.75, 3.05) is 19.8 Å². The molecule has 146 valence electrons. The van der Waals surface area contributed by atoms with E-state index in [4.69, 9.17) is 9.47 Å². The zero-order chi connectivity index (χ0) is 18.5. The molecule has 3 aliphatic rings. The Morgan fingerprint density at radius 3 is 2.08 bits per heavy atom. The van der Waals surface area contributed by atoms with Gasteiger partial charge in [-0.2, -0.15) is 0 Å². The highest BCUT2D eigenvalue weighted by Crippen LogP contribution is 2.36. The number of aliphatic hydroxyl groups excluding tert-OH is 8. The monoisotopic (exact) mass is 367 g/mol. The number of rotatable bonds is 4. The highest BCUT2D eigenvalue weighted by Gasteiger charge is 2.58. The highest BCUT2D eigenvalue weighted by molar-refractivity contribution is 5.10. The van der Waals surface area contributed by atoms with Gasteiger partial charge in [-0.25, -0.2) is 0 Å². The molecular formula is C14H25NO10. The van der Waals surface area contributed by atoms with Gasteiger partial charge in [0.05, 0.1) is 43.6 Å². The molecule has 25 heavy (non-hydrogen) atoms. The van der Waals surface area contributed by atoms with E-state index in [0.717, 1.165) is 0 Å². The third-order valence-electron chi connectivity index (χ3n) is 5.37. The van der Waals surface area contributed by atoms with Crippen LogP contribution in [0.4, 0.5) is 0 Å². The summed E-state index contributed by atoms with van der Waals surface area (Å²) in [5.74, 6) is 0. The van der Waals surface area contributed by atoms with E-state index in [1.54, 1.807) is 0 Å². The van der Waals surface area contributed by atoms with Crippen LogP contribution < -0.4 is 0 Å². The standard InChI is InChI=1S/C14H25NO10/c16-2-4-8(18)11(21)7-9(19)5(1-15(4)7)24-14-13(23)12(22)10(20)6(3-17)25-14/h4-14,16-23H,1-3H2/t4-,5+,6-,7-,8-,9+,10-,11-,12+,13-,14+/m1/s1. The fourth-order valence-corrected chi connectivity index (χ4v) is 3.92. The van der Waals surface area contributed by atoms with Gasteiger partial charge in [0.2, 0.25) is 0 Å². The summed E-state index contributed by atoms with van der Waals surface area (Å²) >= 11 is 0. The number of hydrogen-bond donors (Lipinski definition) is 8. The van der Waals surface area contributed by atoms with Gasteiger partial charge in [-0.1, -0.05) is 0 Å². The minimum atomic E-state index is -1.61. The smallest absolute Gasteiger partial charge is 0.187 e. The predicted octanol–water partition coefficient (Wildman–Crippen LogP) is -5.69. The Balaban J connectivity index is 1.70. The maximum Gasteiger partial charge on any atom is 0.187 e. The quantitative estimate of drug-likeness (QED) is 0.237. The Hall–Kier alpha value is -0.440. The summed E-state index contributed by atoms with van der Waals surface area (Å²) in [6.45, 7) is -0.987. The normalized spacial score (nSPS) is 54.0. The first kappa shape index (κ1) is 19.3. The summed E-state index contributed by atoms with van der Waals surface area (Å²) in [6, 6.07) is -1.62. The molecule has 3 fully saturated rings. The number of ether oxygens (including phenoxy) is 2. The van der Waals surface area contributed by atoms with Crippen LogP contribution in [-0.4, -0.2) is 133 Å². The molecule has 11 heteroatoms. The van der Waals surface area contributed by atoms with Gasteiger partial charge in [0.25, 0.3) is 0 Å². The highest BCUT2D eigenvalue weighted by atomic mass is 16.7. The fourth-order valence-electron chi connectivity index (χ4n) is 3.92. The molecule has 0 saturated carbocycles. The summed E-state index contributed by atoms with van der Waals surface area (Å²) in [5, 5.41) is 78.5. The molecule has 0 aromatic carbocycles. The summed E-state index contributed by atoms with van der Waals surface area (Å²) in [7, 11) is 0. The van der Waals surface area contributed by atoms with Crippen LogP contribution in [-0.2, 0) is 9.47 Å². The molecule has 11 nitrogen and oxygen atoms in total. The number of hydrogen-bond acceptors (Lipinski definition) is 11. The van der Waals surface area contributed by atoms with E-state index in [9.17, 15) is 40.9 Å². The molecule has 0 aromatic rings. The van der Waals surface area contributed by atoms with Gasteiger partial charge < -0.3 is 50.3 Å². The lowest BCUT2D eigenvalue weighted by Gasteiger charge is -2.40. The van der Waals surface area contributed by atoms with Gasteiger partial charge >= 0.3 is 0 Å². The Morgan fingerprint density at radius 1 is 0.800 bits per heavy atom. The zero-order valence-electron chi connectivity index (χ0n) is 13.3. The van der Waals surface area contributed by atoms with E-state index in [2.05, 4.69) is 0 Å². The second-order valence-electron chi connectivity index (χ2n) is 6.78. The molecule has 0 aromatic heterocycles. The molecule has 8 N–H and O–H groups in total. The molecule has 3 heterocycles. The van der Waals surface area contributed by atoms with Gasteiger partial charge in [0.1, 0.15) is 30.5 Å². The van der Waals surface area contributed by atoms with E-state index in [1.165, 1.54) is 4.90 Å². The van der Waals surface area contributed by atoms with E-state index in [-0.39, 0.29) is 6.54 Å². The largest absolute Gasteiger partial charge is 0.395 e. The van der Waals surface area contributed by atoms with Crippen molar-refractivity contribution in [3.63, 3.8) is 0 Å². The van der Waals surface area contributed by atoms with Crippen molar-refractivity contribution in [1.82, 2.24) is 4.90 Å². The van der Waals surface area contributed by atoms with Crippen molar-refractivity contribution < 1.29 is 50.3 Å². The van der Waals surface area contributed by atoms with E-state index >= 15 is 0 Å². The van der Waals surface area contributed by atoms with E-state index in [0.29, 0.717) is 0 Å². The number of nitrogens with zero attached hydrogens (tertiary/aromatic N) is 1. The van der Waals surface area contributed by atoms with Gasteiger partial charge in [-0.15, -0.1) is 0 Å². The molecule has 0 bridgehead atoms. The molecule has 0 unspecified atom stereocenters. The zero-order valence-corrected chi connectivity index (χ0v) is 13.3. The third kappa shape index (κ3) is 3.09. The topological polar surface area (TPSA) is 184 Å². The SMILES string of the molecule is OC[C@@H]1[C@@H](O)[C@H](O)[C@H]2[C@@H](O)[C@@H](O[C@H]3O[C@H](CO)[C@@H](O)[C@H](O)[C@H]3O)CN21. The van der Waals surface area contributed by atoms with Gasteiger partial charge in [-0.05, 0) is 0 Å². The second-order valence-corrected chi connectivity index (χ2v) is 6.78. The minimum Gasteiger partial charge on any atom is -0.395 e. The summed E-state index contributed by atoms with van der Waals surface area (Å²) < 4.78 is 10.8. The van der Waals surface area contributed by atoms with Crippen molar-refractivity contribution in [1.29, 1.82) is 0 Å². The maximum atomic E-state index is 10.4. The summed E-state index contributed by atoms with van der Waals surface area (Å²) in [4.78, 5) is 1.52. The van der Waals surface area contributed by atoms with Gasteiger partial charge in [0, 0.05) is 6.54 Å². The third-order valence-corrected chi connectivity index (χ3v) is 5.37. The van der Waals surface area contributed by atoms with Gasteiger partial charge in [0.15, 0.2) is 6.29 Å². The van der Waals surface area contributed by atoms with Crippen LogP contribution >= 0.6 is 0 Å². The van der Waals surface area contributed by atoms with Crippen molar-refractivity contribution in [3.05, 3.63) is 0 Å². The Morgan fingerprint density at radius 2 is 1.48 bits per heavy atom. The van der Waals surface area contributed by atoms with Crippen LogP contribution in [0.3, 0.4) is 0 Å². The Bertz CT molecular complexity index is 467. The van der Waals surface area contributed by atoms with Crippen LogP contribution in [0, 0.1) is 0 Å². The first-order valence-electron chi connectivity index (χ1n) is 8.18. The first-order chi connectivity index (χ1) is 11.8. The first-order valence-corrected chi connectivity index (χ1v) is 8.18. The Kier molecular flexibility index (Phi) is 5.63. The van der Waals surface area contributed by atoms with Crippen LogP contribution in [0.25, 0.3) is 0 Å². The lowest BCUT2D eigenvalue weighted by molar-refractivity contribution is -0.314. The van der Waals surface area contributed by atoms with E-state index < -0.39 is 80.4 Å². The van der Waals surface area contributed by atoms with Crippen LogP contribution in [0.15, 0.2) is 0 Å². The van der Waals surface area contributed by atoms with Gasteiger partial charge in [-0.3, -0.25) is 4.90 Å². The predicted molar refractivity (Wildman–Crippen MR) is 78.0 cm³/mol. The molecule has 0 spiro atoms. The fraction of sp³-hybridized carbons (Fsp3) is 1.00. The van der Waals surface area contributed by atoms with Crippen molar-refractivity contribution >= 4 is 0 Å². The second kappa shape index (κ2) is 7.29. The maximum absolute atomic E-state index is 10.4. The summed E-state index contributed by atoms with van der Waals surface area (Å²) in [5.41, 5.74) is 0. The molecule has 3 rings (SSSR count). The van der Waals surface area contributed by atoms with Crippen LogP contribution in [0.2, 0.25) is 0 Å². The lowest BCUT2D eigenvalue weighted by atomic mass is 9.99. The van der Waals surface area contributed by atoms with Crippen LogP contribution in [0.5, 0.6) is 0 Å². The molecule has 0 amide bonds. The Labute approximate surface area is 143 Å².